The molecular weight excluding hydrogens is 248 g/mol. The molecule has 1 aromatic rings. The Labute approximate surface area is 104 Å². The Hall–Kier alpha value is -1.04. The van der Waals surface area contributed by atoms with Crippen molar-refractivity contribution in [3.05, 3.63) is 23.0 Å². The van der Waals surface area contributed by atoms with E-state index in [9.17, 15) is 17.6 Å². The van der Waals surface area contributed by atoms with Gasteiger partial charge in [0.05, 0.1) is 6.54 Å². The summed E-state index contributed by atoms with van der Waals surface area (Å²) < 4.78 is 51.3. The van der Waals surface area contributed by atoms with Gasteiger partial charge in [-0.2, -0.15) is 8.78 Å². The summed E-state index contributed by atoms with van der Waals surface area (Å²) in [4.78, 5) is 0. The second kappa shape index (κ2) is 5.73. The molecule has 0 bridgehead atoms. The number of halogens is 4. The summed E-state index contributed by atoms with van der Waals surface area (Å²) in [5.74, 6) is -3.98. The molecule has 0 saturated heterocycles. The summed E-state index contributed by atoms with van der Waals surface area (Å²) in [5, 5.41) is 2.39. The van der Waals surface area contributed by atoms with Crippen molar-refractivity contribution in [3.63, 3.8) is 0 Å². The number of alkyl halides is 4. The Morgan fingerprint density at radius 1 is 1.33 bits per heavy atom. The van der Waals surface area contributed by atoms with E-state index in [4.69, 9.17) is 0 Å². The summed E-state index contributed by atoms with van der Waals surface area (Å²) in [6.45, 7) is 5.75. The van der Waals surface area contributed by atoms with Gasteiger partial charge in [-0.05, 0) is 32.4 Å². The molecule has 1 heterocycles. The van der Waals surface area contributed by atoms with Gasteiger partial charge in [0.1, 0.15) is 0 Å². The maximum Gasteiger partial charge on any atom is 0.319 e. The van der Waals surface area contributed by atoms with Crippen LogP contribution in [0.3, 0.4) is 0 Å². The van der Waals surface area contributed by atoms with Crippen LogP contribution in [-0.2, 0) is 13.1 Å². The summed E-state index contributed by atoms with van der Waals surface area (Å²) in [6, 6.07) is 1.88. The van der Waals surface area contributed by atoms with E-state index in [2.05, 4.69) is 5.32 Å². The van der Waals surface area contributed by atoms with Crippen molar-refractivity contribution < 1.29 is 17.6 Å². The van der Waals surface area contributed by atoms with Crippen LogP contribution in [0, 0.1) is 13.8 Å². The minimum absolute atomic E-state index is 0.169. The molecule has 0 saturated carbocycles. The first kappa shape index (κ1) is 15.0. The molecule has 0 amide bonds. The van der Waals surface area contributed by atoms with E-state index < -0.39 is 18.9 Å². The number of aromatic nitrogens is 1. The summed E-state index contributed by atoms with van der Waals surface area (Å²) >= 11 is 0. The van der Waals surface area contributed by atoms with Crippen LogP contribution in [0.15, 0.2) is 6.07 Å². The largest absolute Gasteiger partial charge is 0.349 e. The third kappa shape index (κ3) is 3.25. The lowest BCUT2D eigenvalue weighted by molar-refractivity contribution is -0.125. The van der Waals surface area contributed by atoms with E-state index in [0.29, 0.717) is 0 Å². The Morgan fingerprint density at radius 2 is 1.94 bits per heavy atom. The standard InChI is InChI=1S/C12H18F4N2/c1-4-18-8(2)5-10(9(18)3)6-17-7-12(15,16)11(13)14/h5,11,17H,4,6-7H2,1-3H3. The second-order valence-corrected chi connectivity index (χ2v) is 4.31. The lowest BCUT2D eigenvalue weighted by atomic mass is 10.2. The maximum atomic E-state index is 12.7. The minimum atomic E-state index is -3.98. The fraction of sp³-hybridized carbons (Fsp3) is 0.667. The Balaban J connectivity index is 2.60. The number of hydrogen-bond donors (Lipinski definition) is 1. The quantitative estimate of drug-likeness (QED) is 0.783. The van der Waals surface area contributed by atoms with Crippen LogP contribution in [0.5, 0.6) is 0 Å². The van der Waals surface area contributed by atoms with Crippen molar-refractivity contribution in [1.82, 2.24) is 9.88 Å². The molecule has 0 aromatic carbocycles. The fourth-order valence-corrected chi connectivity index (χ4v) is 1.98. The van der Waals surface area contributed by atoms with Gasteiger partial charge < -0.3 is 9.88 Å². The zero-order chi connectivity index (χ0) is 13.9. The molecule has 6 heteroatoms. The van der Waals surface area contributed by atoms with E-state index in [1.807, 2.05) is 31.4 Å². The van der Waals surface area contributed by atoms with E-state index in [1.54, 1.807) is 0 Å². The lowest BCUT2D eigenvalue weighted by Gasteiger charge is -2.15. The molecule has 0 unspecified atom stereocenters. The molecular formula is C12H18F4N2. The molecule has 2 nitrogen and oxygen atoms in total. The molecule has 0 fully saturated rings. The van der Waals surface area contributed by atoms with Crippen molar-refractivity contribution in [2.24, 2.45) is 0 Å². The molecule has 1 N–H and O–H groups in total. The molecule has 104 valence electrons. The number of nitrogens with one attached hydrogen (secondary N) is 1. The van der Waals surface area contributed by atoms with E-state index >= 15 is 0 Å². The molecule has 0 aliphatic carbocycles. The summed E-state index contributed by atoms with van der Waals surface area (Å²) in [5.41, 5.74) is 2.87. The van der Waals surface area contributed by atoms with Gasteiger partial charge in [0.25, 0.3) is 0 Å². The van der Waals surface area contributed by atoms with Gasteiger partial charge in [-0.3, -0.25) is 0 Å². The highest BCUT2D eigenvalue weighted by molar-refractivity contribution is 5.26. The Morgan fingerprint density at radius 3 is 2.39 bits per heavy atom. The van der Waals surface area contributed by atoms with Crippen LogP contribution in [0.2, 0.25) is 0 Å². The predicted octanol–water partition coefficient (Wildman–Crippen LogP) is 3.11. The van der Waals surface area contributed by atoms with Gasteiger partial charge in [-0.1, -0.05) is 0 Å². The van der Waals surface area contributed by atoms with E-state index in [1.165, 1.54) is 0 Å². The molecule has 18 heavy (non-hydrogen) atoms. The topological polar surface area (TPSA) is 17.0 Å². The van der Waals surface area contributed by atoms with Gasteiger partial charge in [-0.15, -0.1) is 0 Å². The van der Waals surface area contributed by atoms with Gasteiger partial charge in [0, 0.05) is 24.5 Å². The maximum absolute atomic E-state index is 12.7. The third-order valence-corrected chi connectivity index (χ3v) is 2.99. The van der Waals surface area contributed by atoms with Crippen molar-refractivity contribution >= 4 is 0 Å². The van der Waals surface area contributed by atoms with Crippen molar-refractivity contribution in [2.45, 2.75) is 46.2 Å². The second-order valence-electron chi connectivity index (χ2n) is 4.31. The molecule has 0 aliphatic rings. The Kier molecular flexibility index (Phi) is 4.78. The van der Waals surface area contributed by atoms with Crippen LogP contribution in [0.4, 0.5) is 17.6 Å². The highest BCUT2D eigenvalue weighted by atomic mass is 19.3. The zero-order valence-electron chi connectivity index (χ0n) is 10.7. The molecule has 1 aromatic heterocycles. The number of aryl methyl sites for hydroxylation is 1. The summed E-state index contributed by atoms with van der Waals surface area (Å²) in [6.07, 6.45) is -3.63. The van der Waals surface area contributed by atoms with Crippen LogP contribution < -0.4 is 5.32 Å². The zero-order valence-corrected chi connectivity index (χ0v) is 10.7. The SMILES string of the molecule is CCn1c(C)cc(CNCC(F)(F)C(F)F)c1C. The third-order valence-electron chi connectivity index (χ3n) is 2.99. The lowest BCUT2D eigenvalue weighted by Crippen LogP contribution is -2.38. The van der Waals surface area contributed by atoms with Crippen molar-refractivity contribution in [1.29, 1.82) is 0 Å². The smallest absolute Gasteiger partial charge is 0.319 e. The first-order chi connectivity index (χ1) is 8.29. The van der Waals surface area contributed by atoms with Gasteiger partial charge in [0.2, 0.25) is 0 Å². The monoisotopic (exact) mass is 266 g/mol. The number of hydrogen-bond acceptors (Lipinski definition) is 1. The molecule has 0 aliphatic heterocycles. The van der Waals surface area contributed by atoms with Crippen LogP contribution in [-0.4, -0.2) is 23.5 Å². The average Bonchev–Trinajstić information content (AvgIpc) is 2.53. The normalized spacial score (nSPS) is 12.4. The average molecular weight is 266 g/mol. The first-order valence-corrected chi connectivity index (χ1v) is 5.82. The predicted molar refractivity (Wildman–Crippen MR) is 62.2 cm³/mol. The van der Waals surface area contributed by atoms with Gasteiger partial charge in [-0.25, -0.2) is 8.78 Å². The first-order valence-electron chi connectivity index (χ1n) is 5.82. The van der Waals surface area contributed by atoms with Crippen molar-refractivity contribution in [3.8, 4) is 0 Å². The summed E-state index contributed by atoms with van der Waals surface area (Å²) in [7, 11) is 0. The van der Waals surface area contributed by atoms with E-state index in [-0.39, 0.29) is 6.54 Å². The highest BCUT2D eigenvalue weighted by Crippen LogP contribution is 2.22. The number of nitrogens with zero attached hydrogens (tertiary/aromatic N) is 1. The Bertz CT molecular complexity index is 399. The van der Waals surface area contributed by atoms with Crippen LogP contribution in [0.1, 0.15) is 23.9 Å². The number of rotatable bonds is 6. The van der Waals surface area contributed by atoms with Gasteiger partial charge in [0.15, 0.2) is 0 Å². The molecule has 0 atom stereocenters. The molecule has 0 spiro atoms. The molecule has 0 radical (unpaired) electrons. The van der Waals surface area contributed by atoms with E-state index in [0.717, 1.165) is 23.5 Å². The van der Waals surface area contributed by atoms with Gasteiger partial charge >= 0.3 is 12.3 Å². The minimum Gasteiger partial charge on any atom is -0.349 e. The van der Waals surface area contributed by atoms with Crippen LogP contribution >= 0.6 is 0 Å². The van der Waals surface area contributed by atoms with Crippen molar-refractivity contribution in [2.75, 3.05) is 6.54 Å². The fourth-order valence-electron chi connectivity index (χ4n) is 1.98. The highest BCUT2D eigenvalue weighted by Gasteiger charge is 2.39. The molecule has 1 rings (SSSR count). The van der Waals surface area contributed by atoms with Crippen LogP contribution in [0.25, 0.3) is 0 Å².